The molecule has 0 bridgehead atoms. The van der Waals surface area contributed by atoms with Gasteiger partial charge in [0.15, 0.2) is 0 Å². The lowest BCUT2D eigenvalue weighted by molar-refractivity contribution is -0.0130. The highest BCUT2D eigenvalue weighted by Gasteiger charge is 2.27. The van der Waals surface area contributed by atoms with Crippen LogP contribution in [0, 0.1) is 0 Å². The van der Waals surface area contributed by atoms with E-state index in [0.29, 0.717) is 22.9 Å². The SMILES string of the molecule is CCC(CC(N)(O)COc1cccc2c1=NC(=O)N=2)c1ccccc1. The van der Waals surface area contributed by atoms with Crippen molar-refractivity contribution in [1.29, 1.82) is 0 Å². The first-order chi connectivity index (χ1) is 12.0. The minimum Gasteiger partial charge on any atom is -0.487 e. The van der Waals surface area contributed by atoms with Gasteiger partial charge in [-0.1, -0.05) is 43.3 Å². The number of rotatable bonds is 7. The molecular weight excluding hydrogens is 318 g/mol. The summed E-state index contributed by atoms with van der Waals surface area (Å²) in [4.78, 5) is 18.9. The molecule has 25 heavy (non-hydrogen) atoms. The van der Waals surface area contributed by atoms with Crippen molar-refractivity contribution < 1.29 is 14.6 Å². The molecule has 1 aliphatic heterocycles. The molecular formula is C19H21N3O3. The van der Waals surface area contributed by atoms with E-state index in [0.717, 1.165) is 12.0 Å². The van der Waals surface area contributed by atoms with Gasteiger partial charge in [-0.25, -0.2) is 4.79 Å². The van der Waals surface area contributed by atoms with Crippen LogP contribution in [0.2, 0.25) is 0 Å². The van der Waals surface area contributed by atoms with Gasteiger partial charge in [-0.05, 0) is 36.5 Å². The van der Waals surface area contributed by atoms with Crippen LogP contribution in [0.1, 0.15) is 31.2 Å². The molecule has 2 aromatic rings. The molecule has 0 saturated heterocycles. The van der Waals surface area contributed by atoms with Crippen molar-refractivity contribution in [3.8, 4) is 5.75 Å². The van der Waals surface area contributed by atoms with E-state index >= 15 is 0 Å². The Morgan fingerprint density at radius 2 is 1.92 bits per heavy atom. The summed E-state index contributed by atoms with van der Waals surface area (Å²) in [6, 6.07) is 14.5. The smallest absolute Gasteiger partial charge is 0.368 e. The van der Waals surface area contributed by atoms with E-state index < -0.39 is 11.8 Å². The van der Waals surface area contributed by atoms with Crippen molar-refractivity contribution in [3.63, 3.8) is 0 Å². The third-order valence-corrected chi connectivity index (χ3v) is 4.24. The Morgan fingerprint density at radius 3 is 2.64 bits per heavy atom. The normalized spacial score (nSPS) is 16.4. The largest absolute Gasteiger partial charge is 0.487 e. The number of nitrogens with two attached hydrogens (primary N) is 1. The average molecular weight is 339 g/mol. The summed E-state index contributed by atoms with van der Waals surface area (Å²) in [6.45, 7) is 1.96. The number of carbonyl (C=O) groups is 1. The first-order valence-corrected chi connectivity index (χ1v) is 8.28. The quantitative estimate of drug-likeness (QED) is 0.750. The average Bonchev–Trinajstić information content (AvgIpc) is 2.99. The van der Waals surface area contributed by atoms with Gasteiger partial charge in [-0.3, -0.25) is 0 Å². The molecule has 6 heteroatoms. The van der Waals surface area contributed by atoms with Gasteiger partial charge in [-0.2, -0.15) is 9.98 Å². The zero-order valence-corrected chi connectivity index (χ0v) is 14.1. The Morgan fingerprint density at radius 1 is 1.16 bits per heavy atom. The highest BCUT2D eigenvalue weighted by atomic mass is 16.5. The Kier molecular flexibility index (Phi) is 4.92. The predicted molar refractivity (Wildman–Crippen MR) is 92.9 cm³/mol. The lowest BCUT2D eigenvalue weighted by atomic mass is 9.89. The maximum Gasteiger partial charge on any atom is 0.368 e. The Bertz CT molecular complexity index is 879. The highest BCUT2D eigenvalue weighted by Crippen LogP contribution is 2.27. The maximum atomic E-state index is 11.3. The van der Waals surface area contributed by atoms with Crippen molar-refractivity contribution in [2.75, 3.05) is 6.61 Å². The second-order valence-electron chi connectivity index (χ2n) is 6.24. The fourth-order valence-electron chi connectivity index (χ4n) is 2.96. The number of hydrogen-bond donors (Lipinski definition) is 2. The number of amides is 2. The number of hydrogen-bond acceptors (Lipinski definition) is 4. The summed E-state index contributed by atoms with van der Waals surface area (Å²) >= 11 is 0. The van der Waals surface area contributed by atoms with Crippen molar-refractivity contribution >= 4 is 6.03 Å². The van der Waals surface area contributed by atoms with Gasteiger partial charge >= 0.3 is 6.03 Å². The molecule has 0 aliphatic carbocycles. The van der Waals surface area contributed by atoms with E-state index in [1.165, 1.54) is 0 Å². The first kappa shape index (κ1) is 17.3. The van der Waals surface area contributed by atoms with Crippen LogP contribution in [-0.4, -0.2) is 23.5 Å². The van der Waals surface area contributed by atoms with Crippen molar-refractivity contribution in [1.82, 2.24) is 0 Å². The minimum absolute atomic E-state index is 0.101. The van der Waals surface area contributed by atoms with E-state index in [1.54, 1.807) is 18.2 Å². The van der Waals surface area contributed by atoms with Gasteiger partial charge in [0.25, 0.3) is 0 Å². The van der Waals surface area contributed by atoms with Gasteiger partial charge < -0.3 is 15.6 Å². The number of aliphatic hydroxyl groups is 1. The van der Waals surface area contributed by atoms with Crippen molar-refractivity contribution in [3.05, 3.63) is 64.8 Å². The number of benzene rings is 2. The molecule has 0 fully saturated rings. The number of ether oxygens (including phenoxy) is 1. The number of carbonyl (C=O) groups excluding carboxylic acids is 1. The molecule has 3 N–H and O–H groups in total. The molecule has 6 nitrogen and oxygen atoms in total. The molecule has 0 saturated carbocycles. The topological polar surface area (TPSA) is 97.3 Å². The summed E-state index contributed by atoms with van der Waals surface area (Å²) in [5.74, 6) is 0.520. The molecule has 2 unspecified atom stereocenters. The molecule has 1 heterocycles. The van der Waals surface area contributed by atoms with E-state index in [4.69, 9.17) is 10.5 Å². The predicted octanol–water partition coefficient (Wildman–Crippen LogP) is 1.67. The van der Waals surface area contributed by atoms with Gasteiger partial charge in [0.05, 0.1) is 5.36 Å². The summed E-state index contributed by atoms with van der Waals surface area (Å²) in [7, 11) is 0. The molecule has 2 amide bonds. The Balaban J connectivity index is 1.71. The standard InChI is InChI=1S/C19H21N3O3/c1-2-13(14-7-4-3-5-8-14)11-19(20,24)12-25-16-10-6-9-15-17(16)22-18(23)21-15/h3-10,13,24H,2,11-12,20H2,1H3. The zero-order chi connectivity index (χ0) is 17.9. The van der Waals surface area contributed by atoms with Crippen LogP contribution >= 0.6 is 0 Å². The van der Waals surface area contributed by atoms with Crippen molar-refractivity contribution in [2.45, 2.75) is 31.4 Å². The van der Waals surface area contributed by atoms with E-state index in [-0.39, 0.29) is 12.5 Å². The van der Waals surface area contributed by atoms with E-state index in [1.807, 2.05) is 30.3 Å². The maximum absolute atomic E-state index is 11.3. The fraction of sp³-hybridized carbons (Fsp3) is 0.316. The number of para-hydroxylation sites is 1. The van der Waals surface area contributed by atoms with Gasteiger partial charge in [0.1, 0.15) is 23.4 Å². The fourth-order valence-corrected chi connectivity index (χ4v) is 2.96. The molecule has 0 aromatic heterocycles. The van der Waals surface area contributed by atoms with Crippen LogP contribution in [0.3, 0.4) is 0 Å². The molecule has 130 valence electrons. The lowest BCUT2D eigenvalue weighted by Crippen LogP contribution is -2.47. The molecule has 2 atom stereocenters. The third kappa shape index (κ3) is 4.10. The molecule has 2 aromatic carbocycles. The molecule has 0 spiro atoms. The first-order valence-electron chi connectivity index (χ1n) is 8.28. The lowest BCUT2D eigenvalue weighted by Gasteiger charge is -2.28. The minimum atomic E-state index is -1.50. The second kappa shape index (κ2) is 7.13. The summed E-state index contributed by atoms with van der Waals surface area (Å²) in [6.07, 6.45) is 1.22. The summed E-state index contributed by atoms with van der Waals surface area (Å²) in [5, 5.41) is 11.4. The molecule has 0 radical (unpaired) electrons. The second-order valence-corrected chi connectivity index (χ2v) is 6.24. The van der Waals surface area contributed by atoms with Crippen LogP contribution in [0.25, 0.3) is 0 Å². The highest BCUT2D eigenvalue weighted by molar-refractivity contribution is 5.77. The number of urea groups is 1. The summed E-state index contributed by atoms with van der Waals surface area (Å²) < 4.78 is 5.66. The third-order valence-electron chi connectivity index (χ3n) is 4.24. The van der Waals surface area contributed by atoms with Crippen LogP contribution in [0.15, 0.2) is 58.5 Å². The number of fused-ring (bicyclic) bond motifs is 1. The monoisotopic (exact) mass is 339 g/mol. The Hall–Kier alpha value is -2.57. The van der Waals surface area contributed by atoms with E-state index in [9.17, 15) is 9.90 Å². The molecule has 3 rings (SSSR count). The van der Waals surface area contributed by atoms with Crippen LogP contribution < -0.4 is 21.2 Å². The van der Waals surface area contributed by atoms with Crippen LogP contribution in [0.5, 0.6) is 5.75 Å². The van der Waals surface area contributed by atoms with Crippen LogP contribution in [-0.2, 0) is 0 Å². The summed E-state index contributed by atoms with van der Waals surface area (Å²) in [5.41, 5.74) is 5.69. The van der Waals surface area contributed by atoms with Gasteiger partial charge in [0.2, 0.25) is 0 Å². The molecule has 1 aliphatic rings. The number of nitrogens with zero attached hydrogens (tertiary/aromatic N) is 2. The van der Waals surface area contributed by atoms with Crippen molar-refractivity contribution in [2.24, 2.45) is 15.7 Å². The van der Waals surface area contributed by atoms with E-state index in [2.05, 4.69) is 16.9 Å². The van der Waals surface area contributed by atoms with Crippen LogP contribution in [0.4, 0.5) is 4.79 Å². The van der Waals surface area contributed by atoms with Gasteiger partial charge in [0, 0.05) is 0 Å². The Labute approximate surface area is 145 Å². The van der Waals surface area contributed by atoms with Gasteiger partial charge in [-0.15, -0.1) is 0 Å². The zero-order valence-electron chi connectivity index (χ0n) is 14.1.